The van der Waals surface area contributed by atoms with Crippen molar-refractivity contribution in [3.8, 4) is 0 Å². The summed E-state index contributed by atoms with van der Waals surface area (Å²) in [6.45, 7) is 3.36. The number of hydrogen-bond donors (Lipinski definition) is 0. The highest BCUT2D eigenvalue weighted by molar-refractivity contribution is 9.11. The molecular formula is C12H17BrClNO3S2. The lowest BCUT2D eigenvalue weighted by Gasteiger charge is -2.31. The Morgan fingerprint density at radius 2 is 2.15 bits per heavy atom. The first-order valence-electron chi connectivity index (χ1n) is 6.39. The molecule has 0 spiro atoms. The zero-order valence-electron chi connectivity index (χ0n) is 11.1. The number of sulfonamides is 1. The molecule has 0 N–H and O–H groups in total. The van der Waals surface area contributed by atoms with Gasteiger partial charge < -0.3 is 4.74 Å². The lowest BCUT2D eigenvalue weighted by Crippen LogP contribution is -2.41. The van der Waals surface area contributed by atoms with Crippen molar-refractivity contribution in [3.05, 3.63) is 14.7 Å². The summed E-state index contributed by atoms with van der Waals surface area (Å²) in [4.78, 5) is 1.23. The molecule has 114 valence electrons. The fourth-order valence-electron chi connectivity index (χ4n) is 2.28. The maximum Gasteiger partial charge on any atom is 0.244 e. The molecule has 0 atom stereocenters. The number of thiophene rings is 1. The smallest absolute Gasteiger partial charge is 0.244 e. The van der Waals surface area contributed by atoms with E-state index in [9.17, 15) is 8.42 Å². The van der Waals surface area contributed by atoms with E-state index < -0.39 is 10.0 Å². The van der Waals surface area contributed by atoms with E-state index in [1.165, 1.54) is 11.3 Å². The molecule has 1 aromatic heterocycles. The molecule has 20 heavy (non-hydrogen) atoms. The van der Waals surface area contributed by atoms with Crippen LogP contribution in [0.15, 0.2) is 14.7 Å². The Balaban J connectivity index is 2.04. The number of hydrogen-bond acceptors (Lipinski definition) is 4. The summed E-state index contributed by atoms with van der Waals surface area (Å²) in [6, 6.07) is 1.69. The van der Waals surface area contributed by atoms with Crippen molar-refractivity contribution < 1.29 is 13.2 Å². The summed E-state index contributed by atoms with van der Waals surface area (Å²) >= 11 is 10.4. The number of aryl methyl sites for hydroxylation is 1. The number of halogens is 2. The molecule has 0 amide bonds. The van der Waals surface area contributed by atoms with Crippen LogP contribution in [-0.2, 0) is 14.8 Å². The summed E-state index contributed by atoms with van der Waals surface area (Å²) in [5.41, 5.74) is 0. The summed E-state index contributed by atoms with van der Waals surface area (Å²) in [5, 5.41) is 0. The van der Waals surface area contributed by atoms with Gasteiger partial charge in [0.15, 0.2) is 0 Å². The van der Waals surface area contributed by atoms with Crippen molar-refractivity contribution in [2.75, 3.05) is 25.6 Å². The fourth-order valence-corrected chi connectivity index (χ4v) is 6.22. The predicted octanol–water partition coefficient (Wildman–Crippen LogP) is 3.23. The van der Waals surface area contributed by atoms with E-state index in [0.717, 1.165) is 21.5 Å². The largest absolute Gasteiger partial charge is 0.377 e. The van der Waals surface area contributed by atoms with Crippen molar-refractivity contribution in [3.63, 3.8) is 0 Å². The van der Waals surface area contributed by atoms with Crippen LogP contribution in [0.3, 0.4) is 0 Å². The van der Waals surface area contributed by atoms with Crippen molar-refractivity contribution in [1.82, 2.24) is 4.31 Å². The highest BCUT2D eigenvalue weighted by atomic mass is 79.9. The van der Waals surface area contributed by atoms with Gasteiger partial charge in [-0.1, -0.05) is 0 Å². The molecule has 2 rings (SSSR count). The first kappa shape index (κ1) is 16.7. The topological polar surface area (TPSA) is 46.6 Å². The predicted molar refractivity (Wildman–Crippen MR) is 85.2 cm³/mol. The SMILES string of the molecule is Cc1sc(Br)cc1S(=O)(=O)N1CCC(OCCCl)CC1. The second kappa shape index (κ2) is 7.07. The molecule has 0 radical (unpaired) electrons. The van der Waals surface area contributed by atoms with Gasteiger partial charge in [0.1, 0.15) is 0 Å². The van der Waals surface area contributed by atoms with Crippen LogP contribution in [0, 0.1) is 6.92 Å². The van der Waals surface area contributed by atoms with Crippen molar-refractivity contribution in [2.45, 2.75) is 30.8 Å². The fraction of sp³-hybridized carbons (Fsp3) is 0.667. The Kier molecular flexibility index (Phi) is 5.90. The second-order valence-corrected chi connectivity index (χ2v) is 9.55. The van der Waals surface area contributed by atoms with E-state index in [1.54, 1.807) is 10.4 Å². The average Bonchev–Trinajstić information content (AvgIpc) is 2.76. The van der Waals surface area contributed by atoms with Gasteiger partial charge in [-0.3, -0.25) is 0 Å². The van der Waals surface area contributed by atoms with Crippen LogP contribution in [0.25, 0.3) is 0 Å². The minimum Gasteiger partial charge on any atom is -0.377 e. The highest BCUT2D eigenvalue weighted by Gasteiger charge is 2.31. The molecule has 0 saturated carbocycles. The van der Waals surface area contributed by atoms with E-state index in [-0.39, 0.29) is 6.10 Å². The molecule has 0 bridgehead atoms. The Morgan fingerprint density at radius 1 is 1.50 bits per heavy atom. The van der Waals surface area contributed by atoms with Crippen molar-refractivity contribution in [2.24, 2.45) is 0 Å². The first-order chi connectivity index (χ1) is 9.45. The third-order valence-corrected chi connectivity index (χ3v) is 7.15. The van der Waals surface area contributed by atoms with E-state index in [0.29, 0.717) is 30.5 Å². The number of ether oxygens (including phenoxy) is 1. The Bertz CT molecular complexity index is 553. The maximum absolute atomic E-state index is 12.6. The van der Waals surface area contributed by atoms with Crippen molar-refractivity contribution in [1.29, 1.82) is 0 Å². The number of rotatable bonds is 5. The lowest BCUT2D eigenvalue weighted by molar-refractivity contribution is 0.0301. The van der Waals surface area contributed by atoms with Crippen LogP contribution < -0.4 is 0 Å². The van der Waals surface area contributed by atoms with Crippen LogP contribution in [0.5, 0.6) is 0 Å². The van der Waals surface area contributed by atoms with Gasteiger partial charge in [-0.05, 0) is 41.8 Å². The molecule has 1 aliphatic rings. The normalized spacial score (nSPS) is 18.6. The molecule has 1 aromatic rings. The Hall–Kier alpha value is 0.340. The lowest BCUT2D eigenvalue weighted by atomic mass is 10.1. The van der Waals surface area contributed by atoms with E-state index in [2.05, 4.69) is 15.9 Å². The Morgan fingerprint density at radius 3 is 2.65 bits per heavy atom. The average molecular weight is 403 g/mol. The first-order valence-corrected chi connectivity index (χ1v) is 9.97. The van der Waals surface area contributed by atoms with E-state index in [1.807, 2.05) is 6.92 Å². The number of alkyl halides is 1. The summed E-state index contributed by atoms with van der Waals surface area (Å²) in [5.74, 6) is 0.473. The second-order valence-electron chi connectivity index (χ2n) is 4.63. The maximum atomic E-state index is 12.6. The van der Waals surface area contributed by atoms with Crippen LogP contribution in [0.2, 0.25) is 0 Å². The van der Waals surface area contributed by atoms with E-state index >= 15 is 0 Å². The molecule has 1 saturated heterocycles. The molecule has 1 fully saturated rings. The molecular weight excluding hydrogens is 386 g/mol. The quantitative estimate of drug-likeness (QED) is 0.710. The van der Waals surface area contributed by atoms with Crippen LogP contribution in [0.1, 0.15) is 17.7 Å². The van der Waals surface area contributed by atoms with Crippen LogP contribution in [0.4, 0.5) is 0 Å². The molecule has 4 nitrogen and oxygen atoms in total. The van der Waals surface area contributed by atoms with Crippen LogP contribution in [-0.4, -0.2) is 44.4 Å². The summed E-state index contributed by atoms with van der Waals surface area (Å²) in [6.07, 6.45) is 1.57. The summed E-state index contributed by atoms with van der Waals surface area (Å²) < 4.78 is 33.1. The molecule has 2 heterocycles. The zero-order valence-corrected chi connectivity index (χ0v) is 15.1. The Labute approximate surface area is 137 Å². The van der Waals surface area contributed by atoms with E-state index in [4.69, 9.17) is 16.3 Å². The van der Waals surface area contributed by atoms with Crippen LogP contribution >= 0.6 is 38.9 Å². The minimum atomic E-state index is -3.38. The van der Waals surface area contributed by atoms with Gasteiger partial charge >= 0.3 is 0 Å². The van der Waals surface area contributed by atoms with Crippen molar-refractivity contribution >= 4 is 48.9 Å². The third kappa shape index (κ3) is 3.75. The molecule has 0 aromatic carbocycles. The molecule has 0 unspecified atom stereocenters. The number of piperidine rings is 1. The van der Waals surface area contributed by atoms with Gasteiger partial charge in [-0.2, -0.15) is 4.31 Å². The van der Waals surface area contributed by atoms with Gasteiger partial charge in [0.2, 0.25) is 10.0 Å². The summed E-state index contributed by atoms with van der Waals surface area (Å²) in [7, 11) is -3.38. The zero-order chi connectivity index (χ0) is 14.8. The third-order valence-electron chi connectivity index (χ3n) is 3.29. The molecule has 1 aliphatic heterocycles. The van der Waals surface area contributed by atoms with Gasteiger partial charge in [0, 0.05) is 23.8 Å². The van der Waals surface area contributed by atoms with Gasteiger partial charge in [-0.25, -0.2) is 8.42 Å². The number of nitrogens with zero attached hydrogens (tertiary/aromatic N) is 1. The molecule has 8 heteroatoms. The minimum absolute atomic E-state index is 0.121. The highest BCUT2D eigenvalue weighted by Crippen LogP contribution is 2.32. The van der Waals surface area contributed by atoms with Gasteiger partial charge in [0.05, 0.1) is 21.4 Å². The van der Waals surface area contributed by atoms with Gasteiger partial charge in [0.25, 0.3) is 0 Å². The molecule has 0 aliphatic carbocycles. The van der Waals surface area contributed by atoms with Gasteiger partial charge in [-0.15, -0.1) is 22.9 Å². The standard InChI is InChI=1S/C12H17BrClNO3S2/c1-9-11(8-12(13)19-9)20(16,17)15-5-2-10(3-6-15)18-7-4-14/h8,10H,2-7H2,1H3. The monoisotopic (exact) mass is 401 g/mol.